The first-order valence-corrected chi connectivity index (χ1v) is 10.7. The Bertz CT molecular complexity index is 499. The second-order valence-electron chi connectivity index (χ2n) is 8.28. The van der Waals surface area contributed by atoms with Gasteiger partial charge in [0.2, 0.25) is 0 Å². The summed E-state index contributed by atoms with van der Waals surface area (Å²) in [5.74, 6) is -0.416. The van der Waals surface area contributed by atoms with E-state index in [-0.39, 0.29) is 29.6 Å². The van der Waals surface area contributed by atoms with Crippen molar-refractivity contribution in [3.8, 4) is 0 Å². The summed E-state index contributed by atoms with van der Waals surface area (Å²) < 4.78 is 0. The Labute approximate surface area is 169 Å². The maximum absolute atomic E-state index is 10.5. The van der Waals surface area contributed by atoms with Crippen LogP contribution in [0.15, 0.2) is 23.8 Å². The van der Waals surface area contributed by atoms with Gasteiger partial charge in [-0.05, 0) is 51.4 Å². The number of hydrogen-bond donors (Lipinski definition) is 3. The topological polar surface area (TPSA) is 77.8 Å². The molecular formula is C22H37ClO4. The van der Waals surface area contributed by atoms with Gasteiger partial charge in [0.1, 0.15) is 0 Å². The Balaban J connectivity index is 2.50. The third kappa shape index (κ3) is 9.27. The molecule has 1 fully saturated rings. The molecule has 0 aromatic carbocycles. The molecule has 0 spiro atoms. The highest BCUT2D eigenvalue weighted by atomic mass is 35.5. The van der Waals surface area contributed by atoms with Crippen LogP contribution in [0.25, 0.3) is 0 Å². The second kappa shape index (κ2) is 12.6. The number of aliphatic carboxylic acids is 1. The fraction of sp³-hybridized carbons (Fsp3) is 0.773. The van der Waals surface area contributed by atoms with Gasteiger partial charge in [0, 0.05) is 17.7 Å². The molecule has 0 saturated heterocycles. The lowest BCUT2D eigenvalue weighted by Crippen LogP contribution is -2.20. The maximum Gasteiger partial charge on any atom is 0.303 e. The van der Waals surface area contributed by atoms with Gasteiger partial charge >= 0.3 is 5.97 Å². The third-order valence-electron chi connectivity index (χ3n) is 5.56. The molecule has 156 valence electrons. The van der Waals surface area contributed by atoms with Crippen molar-refractivity contribution in [2.45, 2.75) is 89.7 Å². The number of carboxylic acids is 1. The van der Waals surface area contributed by atoms with E-state index in [0.717, 1.165) is 32.1 Å². The number of hydrogen-bond acceptors (Lipinski definition) is 3. The van der Waals surface area contributed by atoms with Gasteiger partial charge in [-0.2, -0.15) is 0 Å². The number of aliphatic hydroxyl groups is 2. The van der Waals surface area contributed by atoms with Crippen molar-refractivity contribution in [2.75, 3.05) is 0 Å². The lowest BCUT2D eigenvalue weighted by molar-refractivity contribution is -0.137. The van der Waals surface area contributed by atoms with Gasteiger partial charge in [0.05, 0.1) is 12.2 Å². The number of carboxylic acid groups (broad SMARTS) is 1. The molecule has 0 aromatic rings. The van der Waals surface area contributed by atoms with E-state index in [1.54, 1.807) is 0 Å². The Morgan fingerprint density at radius 3 is 2.52 bits per heavy atom. The van der Waals surface area contributed by atoms with E-state index in [1.165, 1.54) is 5.57 Å². The molecule has 1 rings (SSSR count). The molecule has 0 radical (unpaired) electrons. The standard InChI is InChI=1S/C22H37ClO4/c1-15(2)10-11-16(3)20(24)13-12-18-17(19(23)14-21(18)25)8-6-4-5-7-9-22(26)27/h10,12-13,16-21,24-25H,4-9,11,14H2,1-3H3,(H,26,27)/b13-12+/t16?,17-,18-,19-,20-,21-/m1/s1. The van der Waals surface area contributed by atoms with Crippen LogP contribution >= 0.6 is 11.6 Å². The lowest BCUT2D eigenvalue weighted by Gasteiger charge is -2.21. The Hall–Kier alpha value is -0.840. The van der Waals surface area contributed by atoms with Crippen molar-refractivity contribution in [3.05, 3.63) is 23.8 Å². The number of unbranched alkanes of at least 4 members (excludes halogenated alkanes) is 3. The highest BCUT2D eigenvalue weighted by Crippen LogP contribution is 2.40. The fourth-order valence-electron chi connectivity index (χ4n) is 3.74. The largest absolute Gasteiger partial charge is 0.481 e. The van der Waals surface area contributed by atoms with Crippen LogP contribution in [0.3, 0.4) is 0 Å². The Morgan fingerprint density at radius 1 is 1.22 bits per heavy atom. The number of carbonyl (C=O) groups is 1. The molecule has 0 heterocycles. The number of rotatable bonds is 12. The zero-order valence-electron chi connectivity index (χ0n) is 17.0. The molecule has 27 heavy (non-hydrogen) atoms. The van der Waals surface area contributed by atoms with Crippen LogP contribution in [0.1, 0.15) is 72.1 Å². The summed E-state index contributed by atoms with van der Waals surface area (Å²) in [5, 5.41) is 29.4. The molecule has 4 nitrogen and oxygen atoms in total. The van der Waals surface area contributed by atoms with Crippen LogP contribution in [0, 0.1) is 17.8 Å². The molecule has 3 N–H and O–H groups in total. The lowest BCUT2D eigenvalue weighted by atomic mass is 9.88. The van der Waals surface area contributed by atoms with Crippen molar-refractivity contribution < 1.29 is 20.1 Å². The average molecular weight is 401 g/mol. The van der Waals surface area contributed by atoms with Gasteiger partial charge in [-0.1, -0.05) is 50.0 Å². The monoisotopic (exact) mass is 400 g/mol. The molecule has 0 bridgehead atoms. The molecule has 0 aromatic heterocycles. The van der Waals surface area contributed by atoms with E-state index in [4.69, 9.17) is 16.7 Å². The molecule has 1 aliphatic carbocycles. The molecule has 0 aliphatic heterocycles. The predicted octanol–water partition coefficient (Wildman–Crippen LogP) is 4.93. The second-order valence-corrected chi connectivity index (χ2v) is 8.84. The minimum Gasteiger partial charge on any atom is -0.481 e. The van der Waals surface area contributed by atoms with Crippen LogP contribution < -0.4 is 0 Å². The van der Waals surface area contributed by atoms with Crippen molar-refractivity contribution in [1.82, 2.24) is 0 Å². The molecular weight excluding hydrogens is 364 g/mol. The molecule has 1 unspecified atom stereocenters. The van der Waals surface area contributed by atoms with Crippen molar-refractivity contribution in [3.63, 3.8) is 0 Å². The molecule has 1 saturated carbocycles. The quantitative estimate of drug-likeness (QED) is 0.246. The van der Waals surface area contributed by atoms with E-state index in [9.17, 15) is 15.0 Å². The third-order valence-corrected chi connectivity index (χ3v) is 6.06. The van der Waals surface area contributed by atoms with E-state index >= 15 is 0 Å². The van der Waals surface area contributed by atoms with Crippen LogP contribution in [-0.4, -0.2) is 38.9 Å². The predicted molar refractivity (Wildman–Crippen MR) is 111 cm³/mol. The summed E-state index contributed by atoms with van der Waals surface area (Å²) in [6.07, 6.45) is 11.1. The van der Waals surface area contributed by atoms with E-state index in [1.807, 2.05) is 19.1 Å². The van der Waals surface area contributed by atoms with Crippen molar-refractivity contribution in [1.29, 1.82) is 0 Å². The molecule has 5 heteroatoms. The van der Waals surface area contributed by atoms with Gasteiger partial charge in [0.25, 0.3) is 0 Å². The van der Waals surface area contributed by atoms with Gasteiger partial charge in [-0.3, -0.25) is 4.79 Å². The van der Waals surface area contributed by atoms with E-state index < -0.39 is 18.2 Å². The Kier molecular flexibility index (Phi) is 11.3. The number of alkyl halides is 1. The number of aliphatic hydroxyl groups excluding tert-OH is 2. The summed E-state index contributed by atoms with van der Waals surface area (Å²) >= 11 is 6.47. The van der Waals surface area contributed by atoms with Gasteiger partial charge < -0.3 is 15.3 Å². The van der Waals surface area contributed by atoms with Gasteiger partial charge in [-0.25, -0.2) is 0 Å². The first-order valence-electron chi connectivity index (χ1n) is 10.3. The smallest absolute Gasteiger partial charge is 0.303 e. The number of allylic oxidation sites excluding steroid dienone is 2. The molecule has 1 aliphatic rings. The first kappa shape index (κ1) is 24.2. The van der Waals surface area contributed by atoms with Crippen LogP contribution in [-0.2, 0) is 4.79 Å². The minimum absolute atomic E-state index is 0.0168. The fourth-order valence-corrected chi connectivity index (χ4v) is 4.21. The summed E-state index contributed by atoms with van der Waals surface area (Å²) in [6, 6.07) is 0. The van der Waals surface area contributed by atoms with E-state index in [2.05, 4.69) is 19.9 Å². The Morgan fingerprint density at radius 2 is 1.89 bits per heavy atom. The summed E-state index contributed by atoms with van der Waals surface area (Å²) in [6.45, 7) is 6.13. The highest BCUT2D eigenvalue weighted by Gasteiger charge is 2.39. The zero-order valence-corrected chi connectivity index (χ0v) is 17.7. The van der Waals surface area contributed by atoms with Gasteiger partial charge in [0.15, 0.2) is 0 Å². The van der Waals surface area contributed by atoms with Crippen molar-refractivity contribution >= 4 is 17.6 Å². The minimum atomic E-state index is -0.739. The highest BCUT2D eigenvalue weighted by molar-refractivity contribution is 6.21. The van der Waals surface area contributed by atoms with Crippen LogP contribution in [0.2, 0.25) is 0 Å². The van der Waals surface area contributed by atoms with E-state index in [0.29, 0.717) is 12.8 Å². The molecule has 6 atom stereocenters. The van der Waals surface area contributed by atoms with Gasteiger partial charge in [-0.15, -0.1) is 11.6 Å². The maximum atomic E-state index is 10.5. The summed E-state index contributed by atoms with van der Waals surface area (Å²) in [7, 11) is 0. The molecule has 0 amide bonds. The normalized spacial score (nSPS) is 27.6. The summed E-state index contributed by atoms with van der Waals surface area (Å²) in [5.41, 5.74) is 1.25. The van der Waals surface area contributed by atoms with Crippen molar-refractivity contribution in [2.24, 2.45) is 17.8 Å². The van der Waals surface area contributed by atoms with Crippen LogP contribution in [0.4, 0.5) is 0 Å². The summed E-state index contributed by atoms with van der Waals surface area (Å²) in [4.78, 5) is 10.5. The van der Waals surface area contributed by atoms with Crippen LogP contribution in [0.5, 0.6) is 0 Å². The zero-order chi connectivity index (χ0) is 20.4. The average Bonchev–Trinajstić information content (AvgIpc) is 2.86. The number of halogens is 1. The first-order chi connectivity index (χ1) is 12.7. The SMILES string of the molecule is CC(C)=CCC(C)[C@H](O)/C=C/[C@@H]1[C@@H](CCCCCCC(=O)O)[C@H](Cl)C[C@H]1O.